The maximum Gasteiger partial charge on any atom is 0.196 e. The van der Waals surface area contributed by atoms with Gasteiger partial charge < -0.3 is 9.47 Å². The van der Waals surface area contributed by atoms with Gasteiger partial charge in [0.25, 0.3) is 0 Å². The number of ketones is 1. The van der Waals surface area contributed by atoms with Crippen LogP contribution in [0.15, 0.2) is 42.7 Å². The molecule has 0 amide bonds. The van der Waals surface area contributed by atoms with Crippen molar-refractivity contribution in [3.63, 3.8) is 0 Å². The Labute approximate surface area is 118 Å². The van der Waals surface area contributed by atoms with Crippen molar-refractivity contribution in [1.82, 2.24) is 4.98 Å². The second-order valence-corrected chi connectivity index (χ2v) is 4.28. The second-order valence-electron chi connectivity index (χ2n) is 4.28. The highest BCUT2D eigenvalue weighted by atomic mass is 16.5. The van der Waals surface area contributed by atoms with Crippen LogP contribution in [-0.2, 0) is 0 Å². The largest absolute Gasteiger partial charge is 0.494 e. The zero-order valence-electron chi connectivity index (χ0n) is 11.6. The fourth-order valence-corrected chi connectivity index (χ4v) is 1.81. The molecular formula is C16H17NO3. The summed E-state index contributed by atoms with van der Waals surface area (Å²) in [5.41, 5.74) is 1.10. The Morgan fingerprint density at radius 3 is 2.60 bits per heavy atom. The molecule has 0 saturated heterocycles. The molecule has 4 nitrogen and oxygen atoms in total. The number of nitrogens with zero attached hydrogens (tertiary/aromatic N) is 1. The van der Waals surface area contributed by atoms with Gasteiger partial charge in [-0.3, -0.25) is 9.78 Å². The minimum atomic E-state index is -0.0914. The minimum absolute atomic E-state index is 0.0914. The van der Waals surface area contributed by atoms with E-state index in [0.29, 0.717) is 23.5 Å². The third kappa shape index (κ3) is 3.15. The summed E-state index contributed by atoms with van der Waals surface area (Å²) in [6.07, 6.45) is 4.06. The molecule has 2 rings (SSSR count). The van der Waals surface area contributed by atoms with Gasteiger partial charge in [0.1, 0.15) is 11.5 Å². The lowest BCUT2D eigenvalue weighted by Gasteiger charge is -2.08. The SMILES string of the molecule is CCCOc1ccc(C(=O)c2ccncc2OC)cc1. The number of hydrogen-bond acceptors (Lipinski definition) is 4. The first kappa shape index (κ1) is 14.1. The molecule has 0 spiro atoms. The van der Waals surface area contributed by atoms with Crippen molar-refractivity contribution in [1.29, 1.82) is 0 Å². The predicted molar refractivity (Wildman–Crippen MR) is 76.4 cm³/mol. The summed E-state index contributed by atoms with van der Waals surface area (Å²) in [7, 11) is 1.52. The summed E-state index contributed by atoms with van der Waals surface area (Å²) in [4.78, 5) is 16.3. The zero-order valence-corrected chi connectivity index (χ0v) is 11.6. The summed E-state index contributed by atoms with van der Waals surface area (Å²) >= 11 is 0. The lowest BCUT2D eigenvalue weighted by molar-refractivity contribution is 0.103. The number of carbonyl (C=O) groups excluding carboxylic acids is 1. The molecule has 0 aliphatic rings. The first-order valence-electron chi connectivity index (χ1n) is 6.51. The van der Waals surface area contributed by atoms with Crippen molar-refractivity contribution in [3.05, 3.63) is 53.9 Å². The van der Waals surface area contributed by atoms with Crippen molar-refractivity contribution in [2.75, 3.05) is 13.7 Å². The van der Waals surface area contributed by atoms with Crippen LogP contribution in [0.25, 0.3) is 0 Å². The highest BCUT2D eigenvalue weighted by molar-refractivity contribution is 6.10. The van der Waals surface area contributed by atoms with Gasteiger partial charge in [-0.05, 0) is 36.8 Å². The zero-order chi connectivity index (χ0) is 14.4. The van der Waals surface area contributed by atoms with Crippen LogP contribution >= 0.6 is 0 Å². The molecule has 20 heavy (non-hydrogen) atoms. The number of ether oxygens (including phenoxy) is 2. The molecule has 0 saturated carbocycles. The van der Waals surface area contributed by atoms with Gasteiger partial charge in [-0.25, -0.2) is 0 Å². The Hall–Kier alpha value is -2.36. The molecule has 4 heteroatoms. The third-order valence-electron chi connectivity index (χ3n) is 2.84. The van der Waals surface area contributed by atoms with Gasteiger partial charge in [0.05, 0.1) is 25.5 Å². The van der Waals surface area contributed by atoms with Gasteiger partial charge in [0, 0.05) is 11.8 Å². The van der Waals surface area contributed by atoms with Crippen molar-refractivity contribution >= 4 is 5.78 Å². The molecule has 104 valence electrons. The van der Waals surface area contributed by atoms with E-state index in [9.17, 15) is 4.79 Å². The average Bonchev–Trinajstić information content (AvgIpc) is 2.52. The summed E-state index contributed by atoms with van der Waals surface area (Å²) < 4.78 is 10.7. The fraction of sp³-hybridized carbons (Fsp3) is 0.250. The molecule has 0 fully saturated rings. The van der Waals surface area contributed by atoms with E-state index in [2.05, 4.69) is 4.98 Å². The van der Waals surface area contributed by atoms with E-state index in [0.717, 1.165) is 12.2 Å². The van der Waals surface area contributed by atoms with Gasteiger partial charge in [-0.2, -0.15) is 0 Å². The van der Waals surface area contributed by atoms with E-state index in [1.165, 1.54) is 13.3 Å². The van der Waals surface area contributed by atoms with E-state index >= 15 is 0 Å². The van der Waals surface area contributed by atoms with E-state index in [1.807, 2.05) is 6.92 Å². The molecule has 1 aromatic carbocycles. The molecule has 0 radical (unpaired) electrons. The van der Waals surface area contributed by atoms with Gasteiger partial charge >= 0.3 is 0 Å². The van der Waals surface area contributed by atoms with Crippen LogP contribution in [0.2, 0.25) is 0 Å². The Morgan fingerprint density at radius 2 is 1.95 bits per heavy atom. The van der Waals surface area contributed by atoms with Crippen molar-refractivity contribution in [3.8, 4) is 11.5 Å². The summed E-state index contributed by atoms with van der Waals surface area (Å²) in [6, 6.07) is 8.77. The maximum atomic E-state index is 12.4. The second kappa shape index (κ2) is 6.70. The summed E-state index contributed by atoms with van der Waals surface area (Å²) in [5.74, 6) is 1.15. The summed E-state index contributed by atoms with van der Waals surface area (Å²) in [5, 5.41) is 0. The highest BCUT2D eigenvalue weighted by Gasteiger charge is 2.14. The van der Waals surface area contributed by atoms with Crippen LogP contribution in [0.5, 0.6) is 11.5 Å². The van der Waals surface area contributed by atoms with Crippen molar-refractivity contribution in [2.45, 2.75) is 13.3 Å². The Balaban J connectivity index is 2.20. The van der Waals surface area contributed by atoms with Crippen LogP contribution < -0.4 is 9.47 Å². The Kier molecular flexibility index (Phi) is 4.71. The fourth-order valence-electron chi connectivity index (χ4n) is 1.81. The molecule has 0 bridgehead atoms. The van der Waals surface area contributed by atoms with E-state index < -0.39 is 0 Å². The normalized spacial score (nSPS) is 10.1. The topological polar surface area (TPSA) is 48.4 Å². The van der Waals surface area contributed by atoms with E-state index in [-0.39, 0.29) is 5.78 Å². The first-order chi connectivity index (χ1) is 9.76. The minimum Gasteiger partial charge on any atom is -0.494 e. The number of pyridine rings is 1. The van der Waals surface area contributed by atoms with E-state index in [1.54, 1.807) is 36.5 Å². The molecule has 1 aromatic heterocycles. The number of aromatic nitrogens is 1. The monoisotopic (exact) mass is 271 g/mol. The van der Waals surface area contributed by atoms with Crippen LogP contribution in [0.4, 0.5) is 0 Å². The molecule has 1 heterocycles. The Morgan fingerprint density at radius 1 is 1.20 bits per heavy atom. The average molecular weight is 271 g/mol. The number of benzene rings is 1. The van der Waals surface area contributed by atoms with Gasteiger partial charge in [0.2, 0.25) is 0 Å². The molecule has 0 N–H and O–H groups in total. The molecule has 0 aliphatic carbocycles. The van der Waals surface area contributed by atoms with Crippen molar-refractivity contribution in [2.24, 2.45) is 0 Å². The third-order valence-corrected chi connectivity index (χ3v) is 2.84. The van der Waals surface area contributed by atoms with Crippen LogP contribution in [0.3, 0.4) is 0 Å². The Bertz CT molecular complexity index is 579. The predicted octanol–water partition coefficient (Wildman–Crippen LogP) is 3.11. The summed E-state index contributed by atoms with van der Waals surface area (Å²) in [6.45, 7) is 2.72. The van der Waals surface area contributed by atoms with Crippen molar-refractivity contribution < 1.29 is 14.3 Å². The molecule has 0 aliphatic heterocycles. The lowest BCUT2D eigenvalue weighted by Crippen LogP contribution is -2.04. The molecule has 0 unspecified atom stereocenters. The molecule has 2 aromatic rings. The number of hydrogen-bond donors (Lipinski definition) is 0. The lowest BCUT2D eigenvalue weighted by atomic mass is 10.0. The number of rotatable bonds is 6. The number of methoxy groups -OCH3 is 1. The molecule has 0 atom stereocenters. The first-order valence-corrected chi connectivity index (χ1v) is 6.51. The van der Waals surface area contributed by atoms with Gasteiger partial charge in [0.15, 0.2) is 5.78 Å². The van der Waals surface area contributed by atoms with Crippen LogP contribution in [0.1, 0.15) is 29.3 Å². The smallest absolute Gasteiger partial charge is 0.196 e. The van der Waals surface area contributed by atoms with Gasteiger partial charge in [-0.15, -0.1) is 0 Å². The van der Waals surface area contributed by atoms with E-state index in [4.69, 9.17) is 9.47 Å². The standard InChI is InChI=1S/C16H17NO3/c1-3-10-20-13-6-4-12(5-7-13)16(18)14-8-9-17-11-15(14)19-2/h4-9,11H,3,10H2,1-2H3. The molecular weight excluding hydrogens is 254 g/mol. The van der Waals surface area contributed by atoms with Gasteiger partial charge in [-0.1, -0.05) is 6.92 Å². The highest BCUT2D eigenvalue weighted by Crippen LogP contribution is 2.21. The quantitative estimate of drug-likeness (QED) is 0.757. The van der Waals surface area contributed by atoms with Crippen LogP contribution in [0, 0.1) is 0 Å². The maximum absolute atomic E-state index is 12.4. The number of carbonyl (C=O) groups is 1. The van der Waals surface area contributed by atoms with Crippen LogP contribution in [-0.4, -0.2) is 24.5 Å².